The molecule has 0 saturated carbocycles. The number of hydrogen-bond donors (Lipinski definition) is 2. The second-order valence-corrected chi connectivity index (χ2v) is 4.29. The van der Waals surface area contributed by atoms with Crippen molar-refractivity contribution in [1.82, 2.24) is 0 Å². The molecular weight excluding hydrogens is 232 g/mol. The minimum absolute atomic E-state index is 0.499. The normalized spacial score (nSPS) is 10.5. The van der Waals surface area contributed by atoms with Gasteiger partial charge in [0, 0.05) is 23.7 Å². The summed E-state index contributed by atoms with van der Waals surface area (Å²) in [5, 5.41) is 0.717. The van der Waals surface area contributed by atoms with E-state index in [1.54, 1.807) is 0 Å². The molecule has 4 N–H and O–H groups in total. The lowest BCUT2D eigenvalue weighted by molar-refractivity contribution is 1.07. The van der Waals surface area contributed by atoms with Crippen molar-refractivity contribution in [1.29, 1.82) is 0 Å². The Balaban J connectivity index is 2.53. The molecule has 17 heavy (non-hydrogen) atoms. The molecule has 2 rings (SSSR count). The Labute approximate surface area is 106 Å². The molecule has 0 saturated heterocycles. The van der Waals surface area contributed by atoms with E-state index >= 15 is 0 Å². The third kappa shape index (κ3) is 2.50. The summed E-state index contributed by atoms with van der Waals surface area (Å²) >= 11 is 6.28. The van der Waals surface area contributed by atoms with Crippen LogP contribution in [0.15, 0.2) is 42.5 Å². The van der Waals surface area contributed by atoms with E-state index in [0.717, 1.165) is 22.3 Å². The molecule has 0 aliphatic rings. The SMILES string of the molecule is NCc1ccc(-c2ccccc2CN)c(Cl)c1. The second-order valence-electron chi connectivity index (χ2n) is 3.88. The van der Waals surface area contributed by atoms with E-state index in [4.69, 9.17) is 23.1 Å². The van der Waals surface area contributed by atoms with Crippen molar-refractivity contribution in [2.45, 2.75) is 13.1 Å². The Bertz CT molecular complexity index is 523. The van der Waals surface area contributed by atoms with Gasteiger partial charge in [-0.1, -0.05) is 48.0 Å². The van der Waals surface area contributed by atoms with E-state index in [2.05, 4.69) is 0 Å². The maximum atomic E-state index is 6.28. The molecule has 88 valence electrons. The highest BCUT2D eigenvalue weighted by Crippen LogP contribution is 2.31. The topological polar surface area (TPSA) is 52.0 Å². The fourth-order valence-electron chi connectivity index (χ4n) is 1.87. The average Bonchev–Trinajstić information content (AvgIpc) is 2.38. The van der Waals surface area contributed by atoms with Crippen LogP contribution in [0.3, 0.4) is 0 Å². The molecule has 0 bridgehead atoms. The van der Waals surface area contributed by atoms with E-state index in [-0.39, 0.29) is 0 Å². The summed E-state index contributed by atoms with van der Waals surface area (Å²) in [4.78, 5) is 0. The summed E-state index contributed by atoms with van der Waals surface area (Å²) in [7, 11) is 0. The highest BCUT2D eigenvalue weighted by Gasteiger charge is 2.07. The summed E-state index contributed by atoms with van der Waals surface area (Å²) in [5.74, 6) is 0. The first-order valence-corrected chi connectivity index (χ1v) is 5.91. The van der Waals surface area contributed by atoms with E-state index in [1.807, 2.05) is 42.5 Å². The van der Waals surface area contributed by atoms with Crippen LogP contribution in [0.5, 0.6) is 0 Å². The molecule has 0 atom stereocenters. The number of benzene rings is 2. The first-order valence-electron chi connectivity index (χ1n) is 5.53. The standard InChI is InChI=1S/C14H15ClN2/c15-14-7-10(8-16)5-6-13(14)12-4-2-1-3-11(12)9-17/h1-7H,8-9,16-17H2. The Hall–Kier alpha value is -1.35. The number of halogens is 1. The van der Waals surface area contributed by atoms with Gasteiger partial charge in [-0.2, -0.15) is 0 Å². The summed E-state index contributed by atoms with van der Waals surface area (Å²) in [5.41, 5.74) is 15.5. The molecule has 0 heterocycles. The summed E-state index contributed by atoms with van der Waals surface area (Å²) in [6.07, 6.45) is 0. The van der Waals surface area contributed by atoms with Crippen LogP contribution in [0.2, 0.25) is 5.02 Å². The zero-order chi connectivity index (χ0) is 12.3. The molecule has 0 aromatic heterocycles. The molecule has 0 radical (unpaired) electrons. The molecule has 2 nitrogen and oxygen atoms in total. The Morgan fingerprint density at radius 1 is 0.882 bits per heavy atom. The minimum Gasteiger partial charge on any atom is -0.326 e. The lowest BCUT2D eigenvalue weighted by Crippen LogP contribution is -2.00. The average molecular weight is 247 g/mol. The van der Waals surface area contributed by atoms with Gasteiger partial charge in [-0.15, -0.1) is 0 Å². The minimum atomic E-state index is 0.499. The van der Waals surface area contributed by atoms with Crippen LogP contribution in [-0.4, -0.2) is 0 Å². The molecular formula is C14H15ClN2. The first kappa shape index (κ1) is 12.1. The van der Waals surface area contributed by atoms with Crippen molar-refractivity contribution in [2.75, 3.05) is 0 Å². The molecule has 0 aliphatic carbocycles. The van der Waals surface area contributed by atoms with Crippen molar-refractivity contribution in [3.63, 3.8) is 0 Å². The number of hydrogen-bond acceptors (Lipinski definition) is 2. The molecule has 0 unspecified atom stereocenters. The summed E-state index contributed by atoms with van der Waals surface area (Å²) in [6.45, 7) is 1.00. The lowest BCUT2D eigenvalue weighted by Gasteiger charge is -2.10. The number of nitrogens with two attached hydrogens (primary N) is 2. The van der Waals surface area contributed by atoms with Crippen LogP contribution < -0.4 is 11.5 Å². The largest absolute Gasteiger partial charge is 0.326 e. The molecule has 2 aromatic carbocycles. The molecule has 0 amide bonds. The monoisotopic (exact) mass is 246 g/mol. The highest BCUT2D eigenvalue weighted by molar-refractivity contribution is 6.33. The smallest absolute Gasteiger partial charge is 0.0487 e. The predicted octanol–water partition coefficient (Wildman–Crippen LogP) is 2.92. The van der Waals surface area contributed by atoms with Crippen LogP contribution >= 0.6 is 11.6 Å². The third-order valence-electron chi connectivity index (χ3n) is 2.80. The predicted molar refractivity (Wildman–Crippen MR) is 72.7 cm³/mol. The van der Waals surface area contributed by atoms with E-state index < -0.39 is 0 Å². The van der Waals surface area contributed by atoms with Gasteiger partial charge in [0.25, 0.3) is 0 Å². The van der Waals surface area contributed by atoms with Gasteiger partial charge in [-0.05, 0) is 22.8 Å². The first-order chi connectivity index (χ1) is 8.26. The second kappa shape index (κ2) is 5.32. The van der Waals surface area contributed by atoms with Gasteiger partial charge in [0.15, 0.2) is 0 Å². The van der Waals surface area contributed by atoms with Crippen LogP contribution in [0.25, 0.3) is 11.1 Å². The quantitative estimate of drug-likeness (QED) is 0.875. The number of rotatable bonds is 3. The summed E-state index contributed by atoms with van der Waals surface area (Å²) < 4.78 is 0. The van der Waals surface area contributed by atoms with Crippen molar-refractivity contribution < 1.29 is 0 Å². The van der Waals surface area contributed by atoms with Crippen molar-refractivity contribution in [3.8, 4) is 11.1 Å². The zero-order valence-corrected chi connectivity index (χ0v) is 10.2. The van der Waals surface area contributed by atoms with Crippen LogP contribution in [0.4, 0.5) is 0 Å². The molecule has 0 fully saturated rings. The van der Waals surface area contributed by atoms with Crippen molar-refractivity contribution in [3.05, 3.63) is 58.6 Å². The van der Waals surface area contributed by atoms with Gasteiger partial charge in [-0.25, -0.2) is 0 Å². The van der Waals surface area contributed by atoms with Crippen molar-refractivity contribution in [2.24, 2.45) is 11.5 Å². The van der Waals surface area contributed by atoms with E-state index in [9.17, 15) is 0 Å². The Morgan fingerprint density at radius 2 is 1.65 bits per heavy atom. The fraction of sp³-hybridized carbons (Fsp3) is 0.143. The van der Waals surface area contributed by atoms with Crippen LogP contribution in [0, 0.1) is 0 Å². The van der Waals surface area contributed by atoms with Gasteiger partial charge in [-0.3, -0.25) is 0 Å². The van der Waals surface area contributed by atoms with Gasteiger partial charge >= 0.3 is 0 Å². The Kier molecular flexibility index (Phi) is 3.79. The van der Waals surface area contributed by atoms with Gasteiger partial charge in [0.1, 0.15) is 0 Å². The van der Waals surface area contributed by atoms with Gasteiger partial charge in [0.05, 0.1) is 0 Å². The fourth-order valence-corrected chi connectivity index (χ4v) is 2.17. The molecule has 0 spiro atoms. The summed E-state index contributed by atoms with van der Waals surface area (Å²) in [6, 6.07) is 13.9. The maximum Gasteiger partial charge on any atom is 0.0487 e. The maximum absolute atomic E-state index is 6.28. The molecule has 2 aromatic rings. The zero-order valence-electron chi connectivity index (χ0n) is 9.49. The molecule has 0 aliphatic heterocycles. The van der Waals surface area contributed by atoms with Gasteiger partial charge in [0.2, 0.25) is 0 Å². The van der Waals surface area contributed by atoms with Crippen LogP contribution in [0.1, 0.15) is 11.1 Å². The van der Waals surface area contributed by atoms with Gasteiger partial charge < -0.3 is 11.5 Å². The van der Waals surface area contributed by atoms with Crippen LogP contribution in [-0.2, 0) is 13.1 Å². The molecule has 3 heteroatoms. The van der Waals surface area contributed by atoms with Crippen molar-refractivity contribution >= 4 is 11.6 Å². The highest BCUT2D eigenvalue weighted by atomic mass is 35.5. The Morgan fingerprint density at radius 3 is 2.29 bits per heavy atom. The third-order valence-corrected chi connectivity index (χ3v) is 3.11. The van der Waals surface area contributed by atoms with E-state index in [1.165, 1.54) is 0 Å². The lowest BCUT2D eigenvalue weighted by atomic mass is 9.98. The van der Waals surface area contributed by atoms with E-state index in [0.29, 0.717) is 18.1 Å².